The van der Waals surface area contributed by atoms with Crippen molar-refractivity contribution in [3.63, 3.8) is 0 Å². The lowest BCUT2D eigenvalue weighted by atomic mass is 10.4. The predicted molar refractivity (Wildman–Crippen MR) is 25.2 cm³/mol. The Hall–Kier alpha value is -1.31. The normalized spacial score (nSPS) is 30.0. The maximum absolute atomic E-state index is 12.6. The fourth-order valence-electron chi connectivity index (χ4n) is 0.475. The number of carbonyl (C=O) groups is 1. The second-order valence-corrected chi connectivity index (χ2v) is 1.59. The van der Waals surface area contributed by atoms with Crippen LogP contribution in [0.3, 0.4) is 0 Å². The Bertz CT molecular complexity index is 217. The molecule has 0 aliphatic carbocycles. The summed E-state index contributed by atoms with van der Waals surface area (Å²) in [5.74, 6) is -1.19. The average Bonchev–Trinajstić information content (AvgIpc) is 2.12. The van der Waals surface area contributed by atoms with Gasteiger partial charge in [0.15, 0.2) is 6.61 Å². The summed E-state index contributed by atoms with van der Waals surface area (Å²) in [7, 11) is 0. The van der Waals surface area contributed by atoms with E-state index in [9.17, 15) is 13.6 Å². The Morgan fingerprint density at radius 2 is 2.40 bits per heavy atom. The number of hydrogen-bond donors (Lipinski definition) is 0. The second kappa shape index (κ2) is 2.14. The summed E-state index contributed by atoms with van der Waals surface area (Å²) in [6.45, 7) is -0.678. The van der Waals surface area contributed by atoms with E-state index in [1.807, 2.05) is 0 Å². The standard InChI is InChI=1S/C5H2F2O3/c6-2-1-5(7)3-9-4(8)10-5/h3H2. The fourth-order valence-corrected chi connectivity index (χ4v) is 0.475. The van der Waals surface area contributed by atoms with Crippen LogP contribution in [-0.2, 0) is 9.47 Å². The highest BCUT2D eigenvalue weighted by molar-refractivity contribution is 5.63. The summed E-state index contributed by atoms with van der Waals surface area (Å²) in [6, 6.07) is 0. The van der Waals surface area contributed by atoms with E-state index in [2.05, 4.69) is 9.47 Å². The van der Waals surface area contributed by atoms with Crippen LogP contribution >= 0.6 is 0 Å². The van der Waals surface area contributed by atoms with Gasteiger partial charge in [-0.2, -0.15) is 4.39 Å². The molecule has 1 rings (SSSR count). The number of carbonyl (C=O) groups excluding carboxylic acids is 1. The van der Waals surface area contributed by atoms with Crippen LogP contribution in [-0.4, -0.2) is 18.6 Å². The van der Waals surface area contributed by atoms with Crippen molar-refractivity contribution in [2.75, 3.05) is 6.61 Å². The van der Waals surface area contributed by atoms with Crippen molar-refractivity contribution in [2.24, 2.45) is 0 Å². The molecule has 1 atom stereocenters. The van der Waals surface area contributed by atoms with Crippen molar-refractivity contribution < 1.29 is 23.0 Å². The van der Waals surface area contributed by atoms with Crippen molar-refractivity contribution in [3.8, 4) is 12.1 Å². The van der Waals surface area contributed by atoms with Crippen LogP contribution in [0.1, 0.15) is 0 Å². The third kappa shape index (κ3) is 1.16. The van der Waals surface area contributed by atoms with E-state index in [4.69, 9.17) is 0 Å². The van der Waals surface area contributed by atoms with Crippen LogP contribution in [0.4, 0.5) is 13.6 Å². The highest BCUT2D eigenvalue weighted by atomic mass is 19.2. The Balaban J connectivity index is 2.69. The molecule has 0 spiro atoms. The molecule has 10 heavy (non-hydrogen) atoms. The van der Waals surface area contributed by atoms with Crippen LogP contribution in [0.5, 0.6) is 0 Å². The van der Waals surface area contributed by atoms with E-state index in [1.54, 1.807) is 0 Å². The number of alkyl halides is 1. The first-order valence-corrected chi connectivity index (χ1v) is 2.34. The molecule has 0 amide bonds. The number of hydrogen-bond acceptors (Lipinski definition) is 3. The molecule has 1 unspecified atom stereocenters. The smallest absolute Gasteiger partial charge is 0.426 e. The third-order valence-corrected chi connectivity index (χ3v) is 0.855. The lowest BCUT2D eigenvalue weighted by Crippen LogP contribution is -2.22. The number of halogens is 2. The van der Waals surface area contributed by atoms with Gasteiger partial charge < -0.3 is 9.47 Å². The number of ether oxygens (including phenoxy) is 2. The van der Waals surface area contributed by atoms with E-state index in [0.717, 1.165) is 6.17 Å². The summed E-state index contributed by atoms with van der Waals surface area (Å²) in [5.41, 5.74) is 0. The first kappa shape index (κ1) is 6.81. The first-order chi connectivity index (χ1) is 4.66. The molecule has 0 aromatic rings. The van der Waals surface area contributed by atoms with Crippen LogP contribution in [0.2, 0.25) is 0 Å². The molecule has 0 bridgehead atoms. The summed E-state index contributed by atoms with van der Waals surface area (Å²) < 4.78 is 31.6. The van der Waals surface area contributed by atoms with Crippen LogP contribution in [0.25, 0.3) is 0 Å². The van der Waals surface area contributed by atoms with Gasteiger partial charge in [0.25, 0.3) is 0 Å². The molecule has 3 nitrogen and oxygen atoms in total. The molecular formula is C5H2F2O3. The zero-order chi connectivity index (χ0) is 7.61. The minimum absolute atomic E-state index is 0.678. The molecule has 5 heteroatoms. The van der Waals surface area contributed by atoms with Gasteiger partial charge in [-0.3, -0.25) is 0 Å². The maximum Gasteiger partial charge on any atom is 0.512 e. The molecule has 1 aliphatic rings. The molecule has 0 N–H and O–H groups in total. The maximum atomic E-state index is 12.6. The molecule has 0 aromatic carbocycles. The zero-order valence-corrected chi connectivity index (χ0v) is 4.69. The fraction of sp³-hybridized carbons (Fsp3) is 0.400. The SMILES string of the molecule is O=C1OCC(F)(C#CF)O1. The molecule has 1 heterocycles. The van der Waals surface area contributed by atoms with Gasteiger partial charge in [0, 0.05) is 5.92 Å². The Kier molecular flexibility index (Phi) is 1.45. The molecular weight excluding hydrogens is 146 g/mol. The number of cyclic esters (lactones) is 2. The summed E-state index contributed by atoms with van der Waals surface area (Å²) in [6.07, 6.45) is -0.387. The van der Waals surface area contributed by atoms with Gasteiger partial charge in [0.05, 0.1) is 0 Å². The van der Waals surface area contributed by atoms with Gasteiger partial charge in [-0.15, -0.1) is 4.39 Å². The Labute approximate surface area is 54.9 Å². The zero-order valence-electron chi connectivity index (χ0n) is 4.69. The van der Waals surface area contributed by atoms with Crippen molar-refractivity contribution in [1.82, 2.24) is 0 Å². The van der Waals surface area contributed by atoms with E-state index in [0.29, 0.717) is 0 Å². The van der Waals surface area contributed by atoms with Crippen molar-refractivity contribution in [3.05, 3.63) is 0 Å². The van der Waals surface area contributed by atoms with Crippen molar-refractivity contribution in [1.29, 1.82) is 0 Å². The van der Waals surface area contributed by atoms with Gasteiger partial charge in [0.1, 0.15) is 6.17 Å². The van der Waals surface area contributed by atoms with Gasteiger partial charge in [-0.25, -0.2) is 4.79 Å². The van der Waals surface area contributed by atoms with Crippen molar-refractivity contribution in [2.45, 2.75) is 5.85 Å². The Morgan fingerprint density at radius 3 is 2.80 bits per heavy atom. The highest BCUT2D eigenvalue weighted by Crippen LogP contribution is 2.20. The van der Waals surface area contributed by atoms with E-state index >= 15 is 0 Å². The lowest BCUT2D eigenvalue weighted by molar-refractivity contribution is -0.00566. The van der Waals surface area contributed by atoms with Gasteiger partial charge in [-0.05, 0) is 0 Å². The summed E-state index contributed by atoms with van der Waals surface area (Å²) in [4.78, 5) is 10.1. The van der Waals surface area contributed by atoms with Crippen LogP contribution < -0.4 is 0 Å². The Morgan fingerprint density at radius 1 is 1.70 bits per heavy atom. The molecule has 1 saturated heterocycles. The summed E-state index contributed by atoms with van der Waals surface area (Å²) >= 11 is 0. The lowest BCUT2D eigenvalue weighted by Gasteiger charge is -2.03. The topological polar surface area (TPSA) is 35.5 Å². The predicted octanol–water partition coefficient (Wildman–Crippen LogP) is 0.749. The molecule has 0 saturated carbocycles. The molecule has 1 aliphatic heterocycles. The summed E-state index contributed by atoms with van der Waals surface area (Å²) in [5, 5.41) is 0. The van der Waals surface area contributed by atoms with Crippen molar-refractivity contribution >= 4 is 6.16 Å². The largest absolute Gasteiger partial charge is 0.512 e. The average molecular weight is 148 g/mol. The minimum Gasteiger partial charge on any atom is -0.426 e. The van der Waals surface area contributed by atoms with E-state index in [1.165, 1.54) is 5.92 Å². The monoisotopic (exact) mass is 148 g/mol. The molecule has 0 radical (unpaired) electrons. The van der Waals surface area contributed by atoms with Crippen LogP contribution in [0.15, 0.2) is 0 Å². The van der Waals surface area contributed by atoms with E-state index in [-0.39, 0.29) is 0 Å². The highest BCUT2D eigenvalue weighted by Gasteiger charge is 2.41. The van der Waals surface area contributed by atoms with Crippen LogP contribution in [0, 0.1) is 12.1 Å². The third-order valence-electron chi connectivity index (χ3n) is 0.855. The second-order valence-electron chi connectivity index (χ2n) is 1.59. The van der Waals surface area contributed by atoms with Gasteiger partial charge in [0.2, 0.25) is 0 Å². The molecule has 54 valence electrons. The quantitative estimate of drug-likeness (QED) is 0.375. The van der Waals surface area contributed by atoms with Gasteiger partial charge in [-0.1, -0.05) is 0 Å². The number of rotatable bonds is 0. The first-order valence-electron chi connectivity index (χ1n) is 2.34. The molecule has 0 aromatic heterocycles. The minimum atomic E-state index is -2.59. The van der Waals surface area contributed by atoms with Gasteiger partial charge >= 0.3 is 12.0 Å². The van der Waals surface area contributed by atoms with E-state index < -0.39 is 18.6 Å². The molecule has 1 fully saturated rings.